The highest BCUT2D eigenvalue weighted by molar-refractivity contribution is 14.1. The van der Waals surface area contributed by atoms with Gasteiger partial charge in [-0.05, 0) is 52.4 Å². The summed E-state index contributed by atoms with van der Waals surface area (Å²) in [6.07, 6.45) is -0.897. The summed E-state index contributed by atoms with van der Waals surface area (Å²) in [4.78, 5) is 0. The molecule has 2 nitrogen and oxygen atoms in total. The molecule has 0 aliphatic rings. The van der Waals surface area contributed by atoms with Crippen LogP contribution in [-0.2, 0) is 0 Å². The fourth-order valence-corrected chi connectivity index (χ4v) is 2.23. The molecule has 0 bridgehead atoms. The van der Waals surface area contributed by atoms with Gasteiger partial charge < -0.3 is 10.4 Å². The Morgan fingerprint density at radius 3 is 2.53 bits per heavy atom. The lowest BCUT2D eigenvalue weighted by Gasteiger charge is -2.14. The standard InChI is InChI=1S/C14H12F2INO/c15-10-6-5-9(7-11(10)16)14(19)8-18-13-4-2-1-3-12(13)17/h1-7,14,18-19H,8H2. The van der Waals surface area contributed by atoms with Crippen molar-refractivity contribution in [2.75, 3.05) is 11.9 Å². The largest absolute Gasteiger partial charge is 0.387 e. The van der Waals surface area contributed by atoms with E-state index in [0.29, 0.717) is 5.56 Å². The summed E-state index contributed by atoms with van der Waals surface area (Å²) < 4.78 is 26.9. The van der Waals surface area contributed by atoms with Gasteiger partial charge in [-0.3, -0.25) is 0 Å². The molecule has 0 fully saturated rings. The Morgan fingerprint density at radius 2 is 1.84 bits per heavy atom. The lowest BCUT2D eigenvalue weighted by Crippen LogP contribution is -2.13. The Morgan fingerprint density at radius 1 is 1.11 bits per heavy atom. The quantitative estimate of drug-likeness (QED) is 0.799. The summed E-state index contributed by atoms with van der Waals surface area (Å²) in [6, 6.07) is 11.0. The van der Waals surface area contributed by atoms with E-state index in [-0.39, 0.29) is 6.54 Å². The number of aliphatic hydroxyl groups is 1. The molecule has 0 aliphatic heterocycles. The fourth-order valence-electron chi connectivity index (χ4n) is 1.65. The van der Waals surface area contributed by atoms with Crippen LogP contribution in [0.4, 0.5) is 14.5 Å². The molecule has 0 radical (unpaired) electrons. The maximum atomic E-state index is 13.1. The van der Waals surface area contributed by atoms with Crippen LogP contribution in [0, 0.1) is 15.2 Å². The van der Waals surface area contributed by atoms with E-state index in [2.05, 4.69) is 27.9 Å². The smallest absolute Gasteiger partial charge is 0.159 e. The van der Waals surface area contributed by atoms with Crippen LogP contribution in [-0.4, -0.2) is 11.7 Å². The first-order valence-electron chi connectivity index (χ1n) is 5.69. The van der Waals surface area contributed by atoms with Gasteiger partial charge in [-0.25, -0.2) is 8.78 Å². The van der Waals surface area contributed by atoms with Crippen molar-refractivity contribution in [2.45, 2.75) is 6.10 Å². The van der Waals surface area contributed by atoms with Crippen LogP contribution in [0.1, 0.15) is 11.7 Å². The van der Waals surface area contributed by atoms with Crippen molar-refractivity contribution in [2.24, 2.45) is 0 Å². The maximum Gasteiger partial charge on any atom is 0.159 e. The molecule has 1 unspecified atom stereocenters. The second kappa shape index (κ2) is 6.29. The minimum atomic E-state index is -0.953. The lowest BCUT2D eigenvalue weighted by molar-refractivity contribution is 0.191. The first-order valence-corrected chi connectivity index (χ1v) is 6.77. The second-order valence-corrected chi connectivity index (χ2v) is 5.21. The average molecular weight is 375 g/mol. The molecule has 0 heterocycles. The molecule has 100 valence electrons. The van der Waals surface area contributed by atoms with Crippen molar-refractivity contribution in [1.82, 2.24) is 0 Å². The molecule has 2 rings (SSSR count). The zero-order valence-corrected chi connectivity index (χ0v) is 12.1. The molecule has 2 aromatic rings. The number of halogens is 3. The van der Waals surface area contributed by atoms with Crippen LogP contribution in [0.2, 0.25) is 0 Å². The maximum absolute atomic E-state index is 13.1. The Bertz CT molecular complexity index is 577. The van der Waals surface area contributed by atoms with Gasteiger partial charge in [0.25, 0.3) is 0 Å². The number of anilines is 1. The average Bonchev–Trinajstić information content (AvgIpc) is 2.40. The number of nitrogens with one attached hydrogen (secondary N) is 1. The Hall–Kier alpha value is -1.21. The number of para-hydroxylation sites is 1. The van der Waals surface area contributed by atoms with Crippen LogP contribution in [0.15, 0.2) is 42.5 Å². The predicted molar refractivity (Wildman–Crippen MR) is 79.0 cm³/mol. The summed E-state index contributed by atoms with van der Waals surface area (Å²) in [5.41, 5.74) is 1.24. The first kappa shape index (κ1) is 14.2. The van der Waals surface area contributed by atoms with E-state index >= 15 is 0 Å². The van der Waals surface area contributed by atoms with Crippen molar-refractivity contribution in [3.05, 3.63) is 63.2 Å². The van der Waals surface area contributed by atoms with E-state index in [1.165, 1.54) is 6.07 Å². The fraction of sp³-hybridized carbons (Fsp3) is 0.143. The Labute approximate surface area is 123 Å². The molecule has 2 N–H and O–H groups in total. The van der Waals surface area contributed by atoms with Gasteiger partial charge in [0, 0.05) is 15.8 Å². The SMILES string of the molecule is OC(CNc1ccccc1I)c1ccc(F)c(F)c1. The van der Waals surface area contributed by atoms with Gasteiger partial charge in [0.1, 0.15) is 0 Å². The molecule has 19 heavy (non-hydrogen) atoms. The molecule has 2 aromatic carbocycles. The first-order chi connectivity index (χ1) is 9.08. The summed E-state index contributed by atoms with van der Waals surface area (Å²) in [5.74, 6) is -1.87. The summed E-state index contributed by atoms with van der Waals surface area (Å²) in [7, 11) is 0. The van der Waals surface area contributed by atoms with Gasteiger partial charge in [0.05, 0.1) is 6.10 Å². The van der Waals surface area contributed by atoms with Gasteiger partial charge in [-0.2, -0.15) is 0 Å². The van der Waals surface area contributed by atoms with E-state index < -0.39 is 17.7 Å². The monoisotopic (exact) mass is 375 g/mol. The molecule has 0 saturated carbocycles. The lowest BCUT2D eigenvalue weighted by atomic mass is 10.1. The highest BCUT2D eigenvalue weighted by Crippen LogP contribution is 2.20. The zero-order chi connectivity index (χ0) is 13.8. The van der Waals surface area contributed by atoms with E-state index in [1.807, 2.05) is 24.3 Å². The molecule has 0 aliphatic carbocycles. The molecule has 0 amide bonds. The molecular formula is C14H12F2INO. The Kier molecular flexibility index (Phi) is 4.71. The number of hydrogen-bond acceptors (Lipinski definition) is 2. The summed E-state index contributed by atoms with van der Waals surface area (Å²) in [5, 5.41) is 13.0. The van der Waals surface area contributed by atoms with Crippen molar-refractivity contribution in [1.29, 1.82) is 0 Å². The van der Waals surface area contributed by atoms with Crippen LogP contribution < -0.4 is 5.32 Å². The van der Waals surface area contributed by atoms with Crippen LogP contribution in [0.5, 0.6) is 0 Å². The van der Waals surface area contributed by atoms with Gasteiger partial charge in [-0.15, -0.1) is 0 Å². The zero-order valence-electron chi connectivity index (χ0n) is 9.91. The normalized spacial score (nSPS) is 12.2. The molecule has 0 spiro atoms. The Balaban J connectivity index is 2.03. The molecule has 0 aromatic heterocycles. The third kappa shape index (κ3) is 3.63. The van der Waals surface area contributed by atoms with E-state index in [1.54, 1.807) is 0 Å². The number of hydrogen-bond donors (Lipinski definition) is 2. The number of aliphatic hydroxyl groups excluding tert-OH is 1. The van der Waals surface area contributed by atoms with Crippen LogP contribution >= 0.6 is 22.6 Å². The van der Waals surface area contributed by atoms with Crippen molar-refractivity contribution < 1.29 is 13.9 Å². The topological polar surface area (TPSA) is 32.3 Å². The minimum absolute atomic E-state index is 0.227. The van der Waals surface area contributed by atoms with Crippen LogP contribution in [0.25, 0.3) is 0 Å². The van der Waals surface area contributed by atoms with Crippen LogP contribution in [0.3, 0.4) is 0 Å². The second-order valence-electron chi connectivity index (χ2n) is 4.05. The van der Waals surface area contributed by atoms with Crippen molar-refractivity contribution >= 4 is 28.3 Å². The van der Waals surface area contributed by atoms with Crippen molar-refractivity contribution in [3.63, 3.8) is 0 Å². The van der Waals surface area contributed by atoms with E-state index in [0.717, 1.165) is 21.4 Å². The summed E-state index contributed by atoms with van der Waals surface area (Å²) in [6.45, 7) is 0.227. The number of benzene rings is 2. The molecule has 5 heteroatoms. The molecule has 1 atom stereocenters. The van der Waals surface area contributed by atoms with Gasteiger partial charge in [-0.1, -0.05) is 18.2 Å². The highest BCUT2D eigenvalue weighted by Gasteiger charge is 2.11. The number of rotatable bonds is 4. The van der Waals surface area contributed by atoms with E-state index in [9.17, 15) is 13.9 Å². The predicted octanol–water partition coefficient (Wildman–Crippen LogP) is 3.71. The van der Waals surface area contributed by atoms with Gasteiger partial charge in [0.15, 0.2) is 11.6 Å². The summed E-state index contributed by atoms with van der Waals surface area (Å²) >= 11 is 2.18. The molecule has 0 saturated heterocycles. The van der Waals surface area contributed by atoms with E-state index in [4.69, 9.17) is 0 Å². The molecular weight excluding hydrogens is 363 g/mol. The van der Waals surface area contributed by atoms with Crippen molar-refractivity contribution in [3.8, 4) is 0 Å². The minimum Gasteiger partial charge on any atom is -0.387 e. The third-order valence-electron chi connectivity index (χ3n) is 2.69. The third-order valence-corrected chi connectivity index (χ3v) is 3.63. The van der Waals surface area contributed by atoms with Gasteiger partial charge in [0.2, 0.25) is 0 Å². The highest BCUT2D eigenvalue weighted by atomic mass is 127. The van der Waals surface area contributed by atoms with Gasteiger partial charge >= 0.3 is 0 Å².